The number of aromatic nitrogens is 2. The van der Waals surface area contributed by atoms with Gasteiger partial charge in [0.15, 0.2) is 5.01 Å². The highest BCUT2D eigenvalue weighted by Crippen LogP contribution is 2.28. The van der Waals surface area contributed by atoms with Crippen molar-refractivity contribution in [2.24, 2.45) is 0 Å². The molecule has 3 rings (SSSR count). The number of nitrogens with zero attached hydrogens (tertiary/aromatic N) is 2. The molecule has 1 aliphatic rings. The number of rotatable bonds is 6. The van der Waals surface area contributed by atoms with Crippen molar-refractivity contribution < 1.29 is 4.74 Å². The first kappa shape index (κ1) is 12.7. The van der Waals surface area contributed by atoms with E-state index in [0.717, 1.165) is 22.1 Å². The molecule has 0 spiro atoms. The van der Waals surface area contributed by atoms with Crippen LogP contribution >= 0.6 is 11.3 Å². The summed E-state index contributed by atoms with van der Waals surface area (Å²) in [6.45, 7) is 0.813. The van der Waals surface area contributed by atoms with Crippen molar-refractivity contribution in [3.8, 4) is 0 Å². The molecule has 19 heavy (non-hydrogen) atoms. The summed E-state index contributed by atoms with van der Waals surface area (Å²) in [5, 5.41) is 13.9. The number of nitrogens with one attached hydrogen (secondary N) is 1. The number of methoxy groups -OCH3 is 1. The van der Waals surface area contributed by atoms with Crippen LogP contribution in [0.25, 0.3) is 0 Å². The van der Waals surface area contributed by atoms with Gasteiger partial charge in [-0.05, 0) is 18.4 Å². The Morgan fingerprint density at radius 3 is 2.79 bits per heavy atom. The third-order valence-corrected chi connectivity index (χ3v) is 4.13. The maximum Gasteiger partial charge on any atom is 0.151 e. The SMILES string of the molecule is COC(c1ccccc1)c1nnc(CNC2CC2)s1. The van der Waals surface area contributed by atoms with Gasteiger partial charge in [-0.3, -0.25) is 0 Å². The Morgan fingerprint density at radius 2 is 2.11 bits per heavy atom. The van der Waals surface area contributed by atoms with Crippen LogP contribution in [0.4, 0.5) is 0 Å². The first-order valence-corrected chi connectivity index (χ1v) is 7.32. The van der Waals surface area contributed by atoms with Crippen LogP contribution in [-0.2, 0) is 11.3 Å². The number of hydrogen-bond acceptors (Lipinski definition) is 5. The van der Waals surface area contributed by atoms with Gasteiger partial charge in [0.2, 0.25) is 0 Å². The Morgan fingerprint density at radius 1 is 1.32 bits per heavy atom. The van der Waals surface area contributed by atoms with Crippen molar-refractivity contribution in [3.63, 3.8) is 0 Å². The van der Waals surface area contributed by atoms with Crippen LogP contribution in [-0.4, -0.2) is 23.3 Å². The average Bonchev–Trinajstić information content (AvgIpc) is 3.17. The first-order valence-electron chi connectivity index (χ1n) is 6.50. The fourth-order valence-corrected chi connectivity index (χ4v) is 2.87. The standard InChI is InChI=1S/C14H17N3OS/c1-18-13(10-5-3-2-4-6-10)14-17-16-12(19-14)9-15-11-7-8-11/h2-6,11,13,15H,7-9H2,1H3. The molecular weight excluding hydrogens is 258 g/mol. The molecule has 1 aromatic carbocycles. The summed E-state index contributed by atoms with van der Waals surface area (Å²) in [5.41, 5.74) is 1.11. The van der Waals surface area contributed by atoms with Gasteiger partial charge < -0.3 is 10.1 Å². The molecule has 0 bridgehead atoms. The van der Waals surface area contributed by atoms with E-state index in [1.807, 2.05) is 18.2 Å². The lowest BCUT2D eigenvalue weighted by atomic mass is 10.1. The highest BCUT2D eigenvalue weighted by molar-refractivity contribution is 7.11. The molecule has 1 unspecified atom stereocenters. The zero-order valence-corrected chi connectivity index (χ0v) is 11.7. The molecule has 1 aliphatic carbocycles. The molecule has 100 valence electrons. The van der Waals surface area contributed by atoms with Crippen LogP contribution in [0.1, 0.15) is 34.5 Å². The number of benzene rings is 1. The fourth-order valence-electron chi connectivity index (χ4n) is 1.97. The minimum absolute atomic E-state index is 0.117. The van der Waals surface area contributed by atoms with Crippen LogP contribution in [0.15, 0.2) is 30.3 Å². The molecule has 0 saturated heterocycles. The van der Waals surface area contributed by atoms with E-state index in [0.29, 0.717) is 6.04 Å². The van der Waals surface area contributed by atoms with E-state index in [1.165, 1.54) is 12.8 Å². The maximum absolute atomic E-state index is 5.56. The summed E-state index contributed by atoms with van der Waals surface area (Å²) < 4.78 is 5.56. The van der Waals surface area contributed by atoms with E-state index in [2.05, 4.69) is 27.6 Å². The van der Waals surface area contributed by atoms with Crippen molar-refractivity contribution >= 4 is 11.3 Å². The summed E-state index contributed by atoms with van der Waals surface area (Å²) in [6.07, 6.45) is 2.46. The van der Waals surface area contributed by atoms with E-state index >= 15 is 0 Å². The van der Waals surface area contributed by atoms with Gasteiger partial charge in [0.25, 0.3) is 0 Å². The number of ether oxygens (including phenoxy) is 1. The third kappa shape index (κ3) is 3.18. The monoisotopic (exact) mass is 275 g/mol. The van der Waals surface area contributed by atoms with Gasteiger partial charge >= 0.3 is 0 Å². The highest BCUT2D eigenvalue weighted by Gasteiger charge is 2.22. The summed E-state index contributed by atoms with van der Waals surface area (Å²) >= 11 is 1.62. The molecule has 0 radical (unpaired) electrons. The van der Waals surface area contributed by atoms with Crippen LogP contribution in [0, 0.1) is 0 Å². The molecule has 1 heterocycles. The highest BCUT2D eigenvalue weighted by atomic mass is 32.1. The Kier molecular flexibility index (Phi) is 3.87. The van der Waals surface area contributed by atoms with Crippen LogP contribution in [0.2, 0.25) is 0 Å². The summed E-state index contributed by atoms with van der Waals surface area (Å²) in [5.74, 6) is 0. The lowest BCUT2D eigenvalue weighted by Gasteiger charge is -2.11. The van der Waals surface area contributed by atoms with Crippen molar-refractivity contribution in [1.82, 2.24) is 15.5 Å². The van der Waals surface area contributed by atoms with Crippen LogP contribution < -0.4 is 5.32 Å². The minimum atomic E-state index is -0.117. The van der Waals surface area contributed by atoms with E-state index in [9.17, 15) is 0 Å². The summed E-state index contributed by atoms with van der Waals surface area (Å²) in [6, 6.07) is 10.8. The molecule has 1 N–H and O–H groups in total. The predicted molar refractivity (Wildman–Crippen MR) is 75.1 cm³/mol. The first-order chi connectivity index (χ1) is 9.36. The van der Waals surface area contributed by atoms with Crippen molar-refractivity contribution in [2.45, 2.75) is 31.5 Å². The van der Waals surface area contributed by atoms with Gasteiger partial charge in [-0.1, -0.05) is 41.7 Å². The van der Waals surface area contributed by atoms with E-state index < -0.39 is 0 Å². The van der Waals surface area contributed by atoms with Gasteiger partial charge in [-0.25, -0.2) is 0 Å². The molecule has 1 atom stereocenters. The molecule has 0 aliphatic heterocycles. The van der Waals surface area contributed by atoms with Crippen molar-refractivity contribution in [2.75, 3.05) is 7.11 Å². The topological polar surface area (TPSA) is 47.0 Å². The quantitative estimate of drug-likeness (QED) is 0.880. The second kappa shape index (κ2) is 5.77. The zero-order chi connectivity index (χ0) is 13.1. The third-order valence-electron chi connectivity index (χ3n) is 3.16. The minimum Gasteiger partial charge on any atom is -0.369 e. The average molecular weight is 275 g/mol. The Labute approximate surface area is 116 Å². The van der Waals surface area contributed by atoms with E-state index in [4.69, 9.17) is 4.74 Å². The normalized spacial score (nSPS) is 16.5. The van der Waals surface area contributed by atoms with Crippen LogP contribution in [0.3, 0.4) is 0 Å². The largest absolute Gasteiger partial charge is 0.369 e. The van der Waals surface area contributed by atoms with Gasteiger partial charge in [0.1, 0.15) is 11.1 Å². The molecule has 2 aromatic rings. The molecule has 5 heteroatoms. The maximum atomic E-state index is 5.56. The van der Waals surface area contributed by atoms with Crippen molar-refractivity contribution in [1.29, 1.82) is 0 Å². The summed E-state index contributed by atoms with van der Waals surface area (Å²) in [7, 11) is 1.71. The van der Waals surface area contributed by atoms with Gasteiger partial charge in [-0.15, -0.1) is 10.2 Å². The predicted octanol–water partition coefficient (Wildman–Crippen LogP) is 2.53. The molecule has 4 nitrogen and oxygen atoms in total. The molecular formula is C14H17N3OS. The smallest absolute Gasteiger partial charge is 0.151 e. The summed E-state index contributed by atoms with van der Waals surface area (Å²) in [4.78, 5) is 0. The lowest BCUT2D eigenvalue weighted by Crippen LogP contribution is -2.14. The van der Waals surface area contributed by atoms with E-state index in [-0.39, 0.29) is 6.10 Å². The molecule has 1 fully saturated rings. The molecule has 1 aromatic heterocycles. The Hall–Kier alpha value is -1.30. The Bertz CT molecular complexity index is 524. The molecule has 1 saturated carbocycles. The van der Waals surface area contributed by atoms with Gasteiger partial charge in [0, 0.05) is 19.7 Å². The fraction of sp³-hybridized carbons (Fsp3) is 0.429. The van der Waals surface area contributed by atoms with E-state index in [1.54, 1.807) is 18.4 Å². The number of hydrogen-bond donors (Lipinski definition) is 1. The van der Waals surface area contributed by atoms with Gasteiger partial charge in [-0.2, -0.15) is 0 Å². The van der Waals surface area contributed by atoms with Crippen molar-refractivity contribution in [3.05, 3.63) is 45.9 Å². The van der Waals surface area contributed by atoms with Crippen LogP contribution in [0.5, 0.6) is 0 Å². The zero-order valence-electron chi connectivity index (χ0n) is 10.9. The Balaban J connectivity index is 1.72. The second-order valence-electron chi connectivity index (χ2n) is 4.72. The lowest BCUT2D eigenvalue weighted by molar-refractivity contribution is 0.135. The van der Waals surface area contributed by atoms with Gasteiger partial charge in [0.05, 0.1) is 0 Å². The second-order valence-corrected chi connectivity index (χ2v) is 5.81. The molecule has 0 amide bonds.